The van der Waals surface area contributed by atoms with Crippen LogP contribution in [0.15, 0.2) is 40.9 Å². The van der Waals surface area contributed by atoms with E-state index in [9.17, 15) is 4.39 Å². The van der Waals surface area contributed by atoms with Crippen LogP contribution in [-0.2, 0) is 0 Å². The van der Waals surface area contributed by atoms with Crippen LogP contribution in [-0.4, -0.2) is 0 Å². The Morgan fingerprint density at radius 1 is 1.24 bits per heavy atom. The molecule has 0 saturated heterocycles. The molecule has 0 spiro atoms. The minimum atomic E-state index is -0.304. The summed E-state index contributed by atoms with van der Waals surface area (Å²) in [6, 6.07) is 10.6. The van der Waals surface area contributed by atoms with Crippen LogP contribution in [0.1, 0.15) is 5.56 Å². The van der Waals surface area contributed by atoms with Crippen LogP contribution in [0.25, 0.3) is 0 Å². The topological polar surface area (TPSA) is 38.0 Å². The standard InChI is InChI=1S/C13H12BrFN2/c1-8-3-2-4-12(13(8)16)17-9-5-6-10(14)11(15)7-9/h2-7,17H,16H2,1H3. The first-order valence-corrected chi connectivity index (χ1v) is 5.94. The molecule has 2 nitrogen and oxygen atoms in total. The highest BCUT2D eigenvalue weighted by Crippen LogP contribution is 2.27. The summed E-state index contributed by atoms with van der Waals surface area (Å²) < 4.78 is 13.8. The van der Waals surface area contributed by atoms with Crippen LogP contribution >= 0.6 is 15.9 Å². The SMILES string of the molecule is Cc1cccc(Nc2ccc(Br)c(F)c2)c1N. The van der Waals surface area contributed by atoms with Gasteiger partial charge in [0.15, 0.2) is 0 Å². The third-order valence-corrected chi connectivity index (χ3v) is 3.17. The molecule has 0 saturated carbocycles. The predicted octanol–water partition coefficient (Wildman–Crippen LogP) is 4.22. The van der Waals surface area contributed by atoms with E-state index >= 15 is 0 Å². The lowest BCUT2D eigenvalue weighted by Crippen LogP contribution is -1.98. The molecular weight excluding hydrogens is 283 g/mol. The second-order valence-corrected chi connectivity index (χ2v) is 4.64. The quantitative estimate of drug-likeness (QED) is 0.814. The number of nitrogens with one attached hydrogen (secondary N) is 1. The molecular formula is C13H12BrFN2. The molecule has 2 rings (SSSR count). The van der Waals surface area contributed by atoms with Gasteiger partial charge in [-0.2, -0.15) is 0 Å². The van der Waals surface area contributed by atoms with Gasteiger partial charge in [-0.15, -0.1) is 0 Å². The minimum absolute atomic E-state index is 0.304. The van der Waals surface area contributed by atoms with Gasteiger partial charge in [0.25, 0.3) is 0 Å². The molecule has 0 fully saturated rings. The van der Waals surface area contributed by atoms with Crippen molar-refractivity contribution in [1.29, 1.82) is 0 Å². The van der Waals surface area contributed by atoms with E-state index in [2.05, 4.69) is 21.2 Å². The fraction of sp³-hybridized carbons (Fsp3) is 0.0769. The Hall–Kier alpha value is -1.55. The Morgan fingerprint density at radius 3 is 2.71 bits per heavy atom. The van der Waals surface area contributed by atoms with Gasteiger partial charge in [-0.25, -0.2) is 4.39 Å². The predicted molar refractivity (Wildman–Crippen MR) is 73.0 cm³/mol. The summed E-state index contributed by atoms with van der Waals surface area (Å²) in [7, 11) is 0. The van der Waals surface area contributed by atoms with Crippen molar-refractivity contribution < 1.29 is 4.39 Å². The van der Waals surface area contributed by atoms with Crippen LogP contribution in [0.5, 0.6) is 0 Å². The number of halogens is 2. The van der Waals surface area contributed by atoms with Crippen LogP contribution in [0, 0.1) is 12.7 Å². The van der Waals surface area contributed by atoms with Crippen molar-refractivity contribution in [2.24, 2.45) is 0 Å². The third kappa shape index (κ3) is 2.58. The van der Waals surface area contributed by atoms with E-state index in [-0.39, 0.29) is 5.82 Å². The smallest absolute Gasteiger partial charge is 0.139 e. The van der Waals surface area contributed by atoms with Crippen molar-refractivity contribution in [3.63, 3.8) is 0 Å². The molecule has 0 radical (unpaired) electrons. The van der Waals surface area contributed by atoms with Gasteiger partial charge in [0.1, 0.15) is 5.82 Å². The molecule has 17 heavy (non-hydrogen) atoms. The second kappa shape index (κ2) is 4.75. The largest absolute Gasteiger partial charge is 0.397 e. The lowest BCUT2D eigenvalue weighted by atomic mass is 10.1. The summed E-state index contributed by atoms with van der Waals surface area (Å²) in [5.41, 5.74) is 9.06. The monoisotopic (exact) mass is 294 g/mol. The number of para-hydroxylation sites is 1. The van der Waals surface area contributed by atoms with Gasteiger partial charge < -0.3 is 11.1 Å². The number of anilines is 3. The van der Waals surface area contributed by atoms with Crippen molar-refractivity contribution in [3.05, 3.63) is 52.3 Å². The van der Waals surface area contributed by atoms with E-state index in [0.717, 1.165) is 11.3 Å². The molecule has 4 heteroatoms. The van der Waals surface area contributed by atoms with Gasteiger partial charge >= 0.3 is 0 Å². The molecule has 0 aliphatic rings. The van der Waals surface area contributed by atoms with Crippen LogP contribution in [0.2, 0.25) is 0 Å². The lowest BCUT2D eigenvalue weighted by molar-refractivity contribution is 0.622. The summed E-state index contributed by atoms with van der Waals surface area (Å²) in [6.07, 6.45) is 0. The van der Waals surface area contributed by atoms with E-state index in [1.807, 2.05) is 25.1 Å². The maximum atomic E-state index is 13.3. The summed E-state index contributed by atoms with van der Waals surface area (Å²) in [5.74, 6) is -0.304. The molecule has 0 atom stereocenters. The zero-order valence-electron chi connectivity index (χ0n) is 9.30. The molecule has 0 bridgehead atoms. The number of hydrogen-bond donors (Lipinski definition) is 2. The van der Waals surface area contributed by atoms with E-state index in [4.69, 9.17) is 5.73 Å². The highest BCUT2D eigenvalue weighted by atomic mass is 79.9. The number of nitrogen functional groups attached to an aromatic ring is 1. The zero-order chi connectivity index (χ0) is 12.4. The Balaban J connectivity index is 2.31. The second-order valence-electron chi connectivity index (χ2n) is 3.79. The summed E-state index contributed by atoms with van der Waals surface area (Å²) >= 11 is 3.11. The van der Waals surface area contributed by atoms with Crippen molar-refractivity contribution >= 4 is 33.0 Å². The Morgan fingerprint density at radius 2 is 2.00 bits per heavy atom. The zero-order valence-corrected chi connectivity index (χ0v) is 10.9. The molecule has 0 aromatic heterocycles. The van der Waals surface area contributed by atoms with Gasteiger partial charge in [0.05, 0.1) is 15.8 Å². The van der Waals surface area contributed by atoms with Crippen LogP contribution < -0.4 is 11.1 Å². The van der Waals surface area contributed by atoms with Crippen molar-refractivity contribution in [2.45, 2.75) is 6.92 Å². The summed E-state index contributed by atoms with van der Waals surface area (Å²) in [5, 5.41) is 3.10. The van der Waals surface area contributed by atoms with Gasteiger partial charge in [-0.05, 0) is 52.7 Å². The lowest BCUT2D eigenvalue weighted by Gasteiger charge is -2.11. The minimum Gasteiger partial charge on any atom is -0.397 e. The third-order valence-electron chi connectivity index (χ3n) is 2.52. The van der Waals surface area contributed by atoms with E-state index in [1.54, 1.807) is 12.1 Å². The molecule has 3 N–H and O–H groups in total. The molecule has 0 amide bonds. The van der Waals surface area contributed by atoms with Gasteiger partial charge in [-0.1, -0.05) is 12.1 Å². The normalized spacial score (nSPS) is 10.3. The number of rotatable bonds is 2. The van der Waals surface area contributed by atoms with E-state index < -0.39 is 0 Å². The highest BCUT2D eigenvalue weighted by Gasteiger charge is 2.04. The van der Waals surface area contributed by atoms with E-state index in [1.165, 1.54) is 6.07 Å². The van der Waals surface area contributed by atoms with Crippen LogP contribution in [0.3, 0.4) is 0 Å². The average Bonchev–Trinajstić information content (AvgIpc) is 2.30. The molecule has 0 heterocycles. The Kier molecular flexibility index (Phi) is 3.33. The van der Waals surface area contributed by atoms with Gasteiger partial charge in [-0.3, -0.25) is 0 Å². The maximum absolute atomic E-state index is 13.3. The summed E-state index contributed by atoms with van der Waals surface area (Å²) in [6.45, 7) is 1.93. The molecule has 0 unspecified atom stereocenters. The molecule has 2 aromatic rings. The first kappa shape index (κ1) is 11.9. The Bertz CT molecular complexity index is 555. The number of hydrogen-bond acceptors (Lipinski definition) is 2. The van der Waals surface area contributed by atoms with Crippen molar-refractivity contribution in [3.8, 4) is 0 Å². The number of benzene rings is 2. The Labute approximate surface area is 108 Å². The van der Waals surface area contributed by atoms with Crippen LogP contribution in [0.4, 0.5) is 21.5 Å². The molecule has 0 aliphatic carbocycles. The average molecular weight is 295 g/mol. The van der Waals surface area contributed by atoms with E-state index in [0.29, 0.717) is 15.8 Å². The number of nitrogens with two attached hydrogens (primary N) is 1. The summed E-state index contributed by atoms with van der Waals surface area (Å²) in [4.78, 5) is 0. The fourth-order valence-electron chi connectivity index (χ4n) is 1.52. The van der Waals surface area contributed by atoms with Gasteiger partial charge in [0, 0.05) is 5.69 Å². The van der Waals surface area contributed by atoms with Crippen molar-refractivity contribution in [1.82, 2.24) is 0 Å². The van der Waals surface area contributed by atoms with Gasteiger partial charge in [0.2, 0.25) is 0 Å². The number of aryl methyl sites for hydroxylation is 1. The first-order chi connectivity index (χ1) is 8.08. The first-order valence-electron chi connectivity index (χ1n) is 5.15. The molecule has 2 aromatic carbocycles. The molecule has 0 aliphatic heterocycles. The van der Waals surface area contributed by atoms with Crippen molar-refractivity contribution in [2.75, 3.05) is 11.1 Å². The highest BCUT2D eigenvalue weighted by molar-refractivity contribution is 9.10. The maximum Gasteiger partial charge on any atom is 0.139 e. The molecule has 88 valence electrons. The fourth-order valence-corrected chi connectivity index (χ4v) is 1.77.